The van der Waals surface area contributed by atoms with Gasteiger partial charge < -0.3 is 14.8 Å². The van der Waals surface area contributed by atoms with Crippen LogP contribution in [-0.2, 0) is 21.4 Å². The van der Waals surface area contributed by atoms with E-state index < -0.39 is 18.0 Å². The van der Waals surface area contributed by atoms with Crippen molar-refractivity contribution < 1.29 is 19.1 Å². The minimum atomic E-state index is -0.971. The first kappa shape index (κ1) is 18.8. The smallest absolute Gasteiger partial charge is 0.344 e. The van der Waals surface area contributed by atoms with Gasteiger partial charge in [0.1, 0.15) is 5.75 Å². The first-order valence-corrected chi connectivity index (χ1v) is 8.05. The van der Waals surface area contributed by atoms with Gasteiger partial charge in [-0.1, -0.05) is 23.7 Å². The number of para-hydroxylation sites is 1. The topological polar surface area (TPSA) is 82.5 Å². The summed E-state index contributed by atoms with van der Waals surface area (Å²) in [7, 11) is 1.79. The van der Waals surface area contributed by atoms with Crippen LogP contribution in [-0.4, -0.2) is 34.4 Å². The maximum Gasteiger partial charge on any atom is 0.344 e. The summed E-state index contributed by atoms with van der Waals surface area (Å²) in [6.07, 6.45) is -0.971. The highest BCUT2D eigenvalue weighted by molar-refractivity contribution is 6.32. The van der Waals surface area contributed by atoms with E-state index >= 15 is 0 Å². The van der Waals surface area contributed by atoms with Gasteiger partial charge in [0.05, 0.1) is 22.1 Å². The molecule has 1 atom stereocenters. The third-order valence-corrected chi connectivity index (χ3v) is 3.93. The second-order valence-electron chi connectivity index (χ2n) is 5.51. The van der Waals surface area contributed by atoms with Crippen LogP contribution in [0, 0.1) is 13.8 Å². The van der Waals surface area contributed by atoms with Gasteiger partial charge in [-0.05, 0) is 32.9 Å². The second kappa shape index (κ2) is 8.02. The van der Waals surface area contributed by atoms with E-state index in [1.807, 2.05) is 6.92 Å². The predicted molar refractivity (Wildman–Crippen MR) is 93.8 cm³/mol. The Balaban J connectivity index is 1.88. The van der Waals surface area contributed by atoms with Crippen molar-refractivity contribution in [2.24, 2.45) is 7.05 Å². The van der Waals surface area contributed by atoms with Crippen molar-refractivity contribution in [2.75, 3.05) is 11.9 Å². The van der Waals surface area contributed by atoms with E-state index in [9.17, 15) is 9.59 Å². The van der Waals surface area contributed by atoms with E-state index in [2.05, 4.69) is 10.4 Å². The summed E-state index contributed by atoms with van der Waals surface area (Å²) in [6, 6.07) is 6.78. The Morgan fingerprint density at radius 2 is 2.00 bits per heavy atom. The maximum atomic E-state index is 12.2. The molecular weight excluding hydrogens is 346 g/mol. The molecule has 0 saturated carbocycles. The minimum absolute atomic E-state index is 0.341. The monoisotopic (exact) mass is 365 g/mol. The Morgan fingerprint density at radius 3 is 2.60 bits per heavy atom. The van der Waals surface area contributed by atoms with Crippen molar-refractivity contribution in [1.82, 2.24) is 9.78 Å². The van der Waals surface area contributed by atoms with Gasteiger partial charge in [-0.2, -0.15) is 5.10 Å². The zero-order chi connectivity index (χ0) is 18.6. The van der Waals surface area contributed by atoms with Crippen molar-refractivity contribution in [3.8, 4) is 5.75 Å². The molecule has 2 aromatic rings. The summed E-state index contributed by atoms with van der Waals surface area (Å²) < 4.78 is 12.0. The van der Waals surface area contributed by atoms with E-state index in [1.165, 1.54) is 6.92 Å². The zero-order valence-electron chi connectivity index (χ0n) is 14.5. The molecule has 134 valence electrons. The molecule has 25 heavy (non-hydrogen) atoms. The Bertz CT molecular complexity index is 788. The van der Waals surface area contributed by atoms with Gasteiger partial charge in [0, 0.05) is 7.05 Å². The summed E-state index contributed by atoms with van der Waals surface area (Å²) in [6.45, 7) is 4.77. The van der Waals surface area contributed by atoms with Crippen LogP contribution in [0.25, 0.3) is 0 Å². The highest BCUT2D eigenvalue weighted by Crippen LogP contribution is 2.23. The highest BCUT2D eigenvalue weighted by atomic mass is 35.5. The van der Waals surface area contributed by atoms with E-state index in [4.69, 9.17) is 21.1 Å². The van der Waals surface area contributed by atoms with E-state index in [0.29, 0.717) is 22.2 Å². The van der Waals surface area contributed by atoms with Gasteiger partial charge in [-0.3, -0.25) is 9.48 Å². The van der Waals surface area contributed by atoms with Gasteiger partial charge in [-0.25, -0.2) is 4.79 Å². The molecule has 0 aliphatic heterocycles. The number of nitrogens with one attached hydrogen (secondary N) is 1. The number of rotatable bonds is 6. The molecule has 0 saturated heterocycles. The summed E-state index contributed by atoms with van der Waals surface area (Å²) in [5.41, 5.74) is 2.11. The van der Waals surface area contributed by atoms with E-state index in [-0.39, 0.29) is 6.61 Å². The van der Waals surface area contributed by atoms with Gasteiger partial charge in [0.2, 0.25) is 0 Å². The number of ether oxygens (including phenoxy) is 2. The Morgan fingerprint density at radius 1 is 1.32 bits per heavy atom. The number of carbonyl (C=O) groups excluding carboxylic acids is 2. The summed E-state index contributed by atoms with van der Waals surface area (Å²) in [5, 5.41) is 7.34. The Labute approximate surface area is 150 Å². The van der Waals surface area contributed by atoms with Crippen LogP contribution in [0.3, 0.4) is 0 Å². The fourth-order valence-corrected chi connectivity index (χ4v) is 2.35. The highest BCUT2D eigenvalue weighted by Gasteiger charge is 2.21. The second-order valence-corrected chi connectivity index (χ2v) is 5.92. The molecule has 1 amide bonds. The third kappa shape index (κ3) is 4.73. The predicted octanol–water partition coefficient (Wildman–Crippen LogP) is 2.64. The van der Waals surface area contributed by atoms with Crippen LogP contribution in [0.1, 0.15) is 18.3 Å². The molecular formula is C17H20ClN3O4. The number of anilines is 1. The molecule has 1 N–H and O–H groups in total. The van der Waals surface area contributed by atoms with Gasteiger partial charge >= 0.3 is 5.97 Å². The first-order valence-electron chi connectivity index (χ1n) is 7.67. The quantitative estimate of drug-likeness (QED) is 0.796. The van der Waals surface area contributed by atoms with Crippen molar-refractivity contribution in [3.05, 3.63) is 40.7 Å². The normalized spacial score (nSPS) is 11.7. The number of carbonyl (C=O) groups is 2. The SMILES string of the molecule is Cc1nn(C)c(C)c1NC(=O)[C@H](C)OC(=O)COc1ccccc1Cl. The van der Waals surface area contributed by atoms with Crippen LogP contribution >= 0.6 is 11.6 Å². The van der Waals surface area contributed by atoms with Gasteiger partial charge in [0.15, 0.2) is 12.7 Å². The molecule has 7 nitrogen and oxygen atoms in total. The largest absolute Gasteiger partial charge is 0.480 e. The lowest BCUT2D eigenvalue weighted by molar-refractivity contribution is -0.155. The van der Waals surface area contributed by atoms with Crippen LogP contribution < -0.4 is 10.1 Å². The number of nitrogens with zero attached hydrogens (tertiary/aromatic N) is 2. The number of halogens is 1. The maximum absolute atomic E-state index is 12.2. The molecule has 0 unspecified atom stereocenters. The fraction of sp³-hybridized carbons (Fsp3) is 0.353. The molecule has 2 rings (SSSR count). The molecule has 0 aliphatic rings. The van der Waals surface area contributed by atoms with Crippen LogP contribution in [0.15, 0.2) is 24.3 Å². The van der Waals surface area contributed by atoms with Gasteiger partial charge in [0.25, 0.3) is 5.91 Å². The number of hydrogen-bond donors (Lipinski definition) is 1. The van der Waals surface area contributed by atoms with E-state index in [0.717, 1.165) is 5.69 Å². The molecule has 1 heterocycles. The molecule has 8 heteroatoms. The van der Waals surface area contributed by atoms with Crippen LogP contribution in [0.4, 0.5) is 5.69 Å². The molecule has 0 spiro atoms. The number of aryl methyl sites for hydroxylation is 2. The molecule has 0 bridgehead atoms. The molecule has 0 radical (unpaired) electrons. The molecule has 0 aliphatic carbocycles. The van der Waals surface area contributed by atoms with Gasteiger partial charge in [-0.15, -0.1) is 0 Å². The number of aromatic nitrogens is 2. The van der Waals surface area contributed by atoms with Crippen molar-refractivity contribution in [2.45, 2.75) is 26.9 Å². The van der Waals surface area contributed by atoms with Crippen molar-refractivity contribution in [1.29, 1.82) is 0 Å². The zero-order valence-corrected chi connectivity index (χ0v) is 15.3. The van der Waals surface area contributed by atoms with Crippen LogP contribution in [0.2, 0.25) is 5.02 Å². The van der Waals surface area contributed by atoms with Crippen molar-refractivity contribution in [3.63, 3.8) is 0 Å². The summed E-state index contributed by atoms with van der Waals surface area (Å²) in [5.74, 6) is -0.729. The number of esters is 1. The number of benzene rings is 1. The summed E-state index contributed by atoms with van der Waals surface area (Å²) in [4.78, 5) is 24.0. The van der Waals surface area contributed by atoms with E-state index in [1.54, 1.807) is 42.9 Å². The number of amides is 1. The number of hydrogen-bond acceptors (Lipinski definition) is 5. The average molecular weight is 366 g/mol. The Kier molecular flexibility index (Phi) is 6.03. The molecule has 0 fully saturated rings. The van der Waals surface area contributed by atoms with Crippen molar-refractivity contribution >= 4 is 29.2 Å². The Hall–Kier alpha value is -2.54. The molecule has 1 aromatic carbocycles. The lowest BCUT2D eigenvalue weighted by atomic mass is 10.3. The minimum Gasteiger partial charge on any atom is -0.480 e. The standard InChI is InChI=1S/C17H20ClN3O4/c1-10-16(11(2)21(4)20-10)19-17(23)12(3)25-15(22)9-24-14-8-6-5-7-13(14)18/h5-8,12H,9H2,1-4H3,(H,19,23)/t12-/m0/s1. The lowest BCUT2D eigenvalue weighted by Crippen LogP contribution is -2.32. The third-order valence-electron chi connectivity index (χ3n) is 3.62. The van der Waals surface area contributed by atoms with Crippen LogP contribution in [0.5, 0.6) is 5.75 Å². The lowest BCUT2D eigenvalue weighted by Gasteiger charge is -2.14. The average Bonchev–Trinajstić information content (AvgIpc) is 2.80. The molecule has 1 aromatic heterocycles. The fourth-order valence-electron chi connectivity index (χ4n) is 2.16. The first-order chi connectivity index (χ1) is 11.8. The summed E-state index contributed by atoms with van der Waals surface area (Å²) >= 11 is 5.94.